The minimum absolute atomic E-state index is 0.0196. The molecule has 0 spiro atoms. The molecule has 162 valence electrons. The van der Waals surface area contributed by atoms with E-state index in [1.807, 2.05) is 0 Å². The van der Waals surface area contributed by atoms with Gasteiger partial charge >= 0.3 is 5.97 Å². The van der Waals surface area contributed by atoms with Crippen LogP contribution in [0.2, 0.25) is 0 Å². The average Bonchev–Trinajstić information content (AvgIpc) is 3.15. The van der Waals surface area contributed by atoms with E-state index in [1.54, 1.807) is 24.4 Å². The number of sulfonamides is 1. The lowest BCUT2D eigenvalue weighted by Crippen LogP contribution is -2.18. The van der Waals surface area contributed by atoms with Crippen LogP contribution in [0.1, 0.15) is 23.0 Å². The van der Waals surface area contributed by atoms with Gasteiger partial charge in [-0.25, -0.2) is 17.8 Å². The van der Waals surface area contributed by atoms with E-state index in [0.29, 0.717) is 5.69 Å². The predicted octanol–water partition coefficient (Wildman–Crippen LogP) is 3.44. The number of rotatable bonds is 8. The SMILES string of the molecule is CCOC(=O)Cc1csc(NC(=O)c2ccccc2NS(=O)(=O)c2ccc(F)cc2)n1. The number of halogens is 1. The van der Waals surface area contributed by atoms with Gasteiger partial charge in [0.2, 0.25) is 0 Å². The number of hydrogen-bond donors (Lipinski definition) is 2. The highest BCUT2D eigenvalue weighted by atomic mass is 32.2. The van der Waals surface area contributed by atoms with Crippen molar-refractivity contribution in [2.75, 3.05) is 16.6 Å². The Morgan fingerprint density at radius 2 is 1.84 bits per heavy atom. The van der Waals surface area contributed by atoms with Crippen molar-refractivity contribution in [1.29, 1.82) is 0 Å². The van der Waals surface area contributed by atoms with E-state index in [9.17, 15) is 22.4 Å². The van der Waals surface area contributed by atoms with Crippen LogP contribution < -0.4 is 10.0 Å². The molecule has 0 aliphatic carbocycles. The van der Waals surface area contributed by atoms with Crippen molar-refractivity contribution in [3.05, 3.63) is 71.0 Å². The Balaban J connectivity index is 1.75. The van der Waals surface area contributed by atoms with Crippen LogP contribution in [0.25, 0.3) is 0 Å². The number of thiazole rings is 1. The molecule has 0 aliphatic rings. The van der Waals surface area contributed by atoms with Crippen molar-refractivity contribution >= 4 is 44.1 Å². The summed E-state index contributed by atoms with van der Waals surface area (Å²) < 4.78 is 45.5. The molecule has 2 N–H and O–H groups in total. The number of aromatic nitrogens is 1. The summed E-state index contributed by atoms with van der Waals surface area (Å²) in [5, 5.41) is 4.46. The molecule has 0 unspecified atom stereocenters. The van der Waals surface area contributed by atoms with E-state index in [2.05, 4.69) is 15.0 Å². The van der Waals surface area contributed by atoms with Crippen LogP contribution >= 0.6 is 11.3 Å². The fraction of sp³-hybridized carbons (Fsp3) is 0.150. The predicted molar refractivity (Wildman–Crippen MR) is 114 cm³/mol. The van der Waals surface area contributed by atoms with Crippen molar-refractivity contribution in [2.45, 2.75) is 18.2 Å². The second-order valence-corrected chi connectivity index (χ2v) is 8.73. The van der Waals surface area contributed by atoms with Crippen molar-refractivity contribution in [2.24, 2.45) is 0 Å². The van der Waals surface area contributed by atoms with Crippen molar-refractivity contribution < 1.29 is 27.1 Å². The van der Waals surface area contributed by atoms with E-state index in [-0.39, 0.29) is 34.3 Å². The zero-order valence-electron chi connectivity index (χ0n) is 16.3. The van der Waals surface area contributed by atoms with Crippen LogP contribution in [0.3, 0.4) is 0 Å². The van der Waals surface area contributed by atoms with Crippen molar-refractivity contribution in [1.82, 2.24) is 4.98 Å². The molecule has 0 aliphatic heterocycles. The molecule has 31 heavy (non-hydrogen) atoms. The zero-order valence-corrected chi connectivity index (χ0v) is 17.9. The third-order valence-electron chi connectivity index (χ3n) is 3.94. The fourth-order valence-corrected chi connectivity index (χ4v) is 4.34. The maximum Gasteiger partial charge on any atom is 0.311 e. The standard InChI is InChI=1S/C20H18FN3O5S2/c1-2-29-18(25)11-14-12-30-20(22-14)23-19(26)16-5-3-4-6-17(16)24-31(27,28)15-9-7-13(21)8-10-15/h3-10,12,24H,2,11H2,1H3,(H,22,23,26). The molecule has 0 saturated heterocycles. The largest absolute Gasteiger partial charge is 0.466 e. The summed E-state index contributed by atoms with van der Waals surface area (Å²) in [6.07, 6.45) is -0.0196. The number of nitrogens with one attached hydrogen (secondary N) is 2. The summed E-state index contributed by atoms with van der Waals surface area (Å²) in [5.74, 6) is -1.58. The van der Waals surface area contributed by atoms with E-state index in [1.165, 1.54) is 12.1 Å². The second-order valence-electron chi connectivity index (χ2n) is 6.18. The maximum atomic E-state index is 13.1. The zero-order chi connectivity index (χ0) is 22.4. The molecule has 2 aromatic carbocycles. The first kappa shape index (κ1) is 22.4. The Morgan fingerprint density at radius 3 is 2.55 bits per heavy atom. The van der Waals surface area contributed by atoms with Gasteiger partial charge in [0.25, 0.3) is 15.9 Å². The Morgan fingerprint density at radius 1 is 1.13 bits per heavy atom. The number of benzene rings is 2. The number of nitrogens with zero attached hydrogens (tertiary/aromatic N) is 1. The van der Waals surface area contributed by atoms with Gasteiger partial charge in [-0.1, -0.05) is 12.1 Å². The van der Waals surface area contributed by atoms with Crippen LogP contribution in [0, 0.1) is 5.82 Å². The number of hydrogen-bond acceptors (Lipinski definition) is 7. The number of para-hydroxylation sites is 1. The summed E-state index contributed by atoms with van der Waals surface area (Å²) in [6, 6.07) is 10.4. The third-order valence-corrected chi connectivity index (χ3v) is 6.13. The normalized spacial score (nSPS) is 11.0. The first-order valence-electron chi connectivity index (χ1n) is 9.07. The number of esters is 1. The van der Waals surface area contributed by atoms with E-state index < -0.39 is 27.7 Å². The summed E-state index contributed by atoms with van der Waals surface area (Å²) in [6.45, 7) is 1.96. The number of carbonyl (C=O) groups is 2. The minimum Gasteiger partial charge on any atom is -0.466 e. The molecule has 0 fully saturated rings. The molecule has 1 aromatic heterocycles. The topological polar surface area (TPSA) is 114 Å². The third kappa shape index (κ3) is 5.86. The van der Waals surface area contributed by atoms with Gasteiger partial charge in [-0.15, -0.1) is 11.3 Å². The van der Waals surface area contributed by atoms with Crippen LogP contribution in [0.5, 0.6) is 0 Å². The number of anilines is 2. The van der Waals surface area contributed by atoms with Crippen LogP contribution in [0.4, 0.5) is 15.2 Å². The summed E-state index contributed by atoms with van der Waals surface area (Å²) in [7, 11) is -4.03. The monoisotopic (exact) mass is 463 g/mol. The highest BCUT2D eigenvalue weighted by molar-refractivity contribution is 7.92. The van der Waals surface area contributed by atoms with Crippen LogP contribution in [-0.4, -0.2) is 31.9 Å². The van der Waals surface area contributed by atoms with Gasteiger partial charge in [0.15, 0.2) is 5.13 Å². The van der Waals surface area contributed by atoms with Gasteiger partial charge in [-0.3, -0.25) is 19.6 Å². The Hall–Kier alpha value is -3.31. The van der Waals surface area contributed by atoms with Crippen LogP contribution in [-0.2, 0) is 26.0 Å². The molecule has 0 saturated carbocycles. The molecule has 11 heteroatoms. The van der Waals surface area contributed by atoms with Gasteiger partial charge in [-0.05, 0) is 43.3 Å². The molecular formula is C20H18FN3O5S2. The summed E-state index contributed by atoms with van der Waals surface area (Å²) in [4.78, 5) is 28.3. The van der Waals surface area contributed by atoms with Crippen LogP contribution in [0.15, 0.2) is 58.8 Å². The lowest BCUT2D eigenvalue weighted by atomic mass is 10.2. The quantitative estimate of drug-likeness (QED) is 0.495. The molecular weight excluding hydrogens is 445 g/mol. The van der Waals surface area contributed by atoms with E-state index in [0.717, 1.165) is 35.6 Å². The number of amides is 1. The molecule has 0 radical (unpaired) electrons. The Bertz CT molecular complexity index is 1190. The molecule has 1 amide bonds. The van der Waals surface area contributed by atoms with E-state index in [4.69, 9.17) is 4.74 Å². The molecule has 0 bridgehead atoms. The van der Waals surface area contributed by atoms with Crippen molar-refractivity contribution in [3.8, 4) is 0 Å². The highest BCUT2D eigenvalue weighted by Crippen LogP contribution is 2.23. The molecule has 3 aromatic rings. The smallest absolute Gasteiger partial charge is 0.311 e. The van der Waals surface area contributed by atoms with Gasteiger partial charge < -0.3 is 4.74 Å². The molecule has 3 rings (SSSR count). The van der Waals surface area contributed by atoms with Gasteiger partial charge in [0.05, 0.1) is 34.9 Å². The van der Waals surface area contributed by atoms with Gasteiger partial charge in [0.1, 0.15) is 5.82 Å². The maximum absolute atomic E-state index is 13.1. The number of carbonyl (C=O) groups excluding carboxylic acids is 2. The summed E-state index contributed by atoms with van der Waals surface area (Å²) in [5.41, 5.74) is 0.562. The van der Waals surface area contributed by atoms with Crippen molar-refractivity contribution in [3.63, 3.8) is 0 Å². The highest BCUT2D eigenvalue weighted by Gasteiger charge is 2.19. The van der Waals surface area contributed by atoms with E-state index >= 15 is 0 Å². The number of ether oxygens (including phenoxy) is 1. The first-order valence-corrected chi connectivity index (χ1v) is 11.4. The molecule has 1 heterocycles. The fourth-order valence-electron chi connectivity index (χ4n) is 2.56. The second kappa shape index (κ2) is 9.67. The van der Waals surface area contributed by atoms with Gasteiger partial charge in [-0.2, -0.15) is 0 Å². The average molecular weight is 464 g/mol. The lowest BCUT2D eigenvalue weighted by molar-refractivity contribution is -0.142. The lowest BCUT2D eigenvalue weighted by Gasteiger charge is -2.12. The Labute approximate surface area is 182 Å². The minimum atomic E-state index is -4.03. The Kier molecular flexibility index (Phi) is 6.98. The first-order chi connectivity index (χ1) is 14.8. The molecule has 8 nitrogen and oxygen atoms in total. The molecule has 0 atom stereocenters. The van der Waals surface area contributed by atoms with Gasteiger partial charge in [0, 0.05) is 5.38 Å². The summed E-state index contributed by atoms with van der Waals surface area (Å²) >= 11 is 1.12.